The van der Waals surface area contributed by atoms with E-state index in [-0.39, 0.29) is 46.4 Å². The van der Waals surface area contributed by atoms with Gasteiger partial charge in [-0.2, -0.15) is 0 Å². The fourth-order valence-electron chi connectivity index (χ4n) is 2.53. The second-order valence-electron chi connectivity index (χ2n) is 5.91. The average Bonchev–Trinajstić information content (AvgIpc) is 2.70. The van der Waals surface area contributed by atoms with Gasteiger partial charge in [-0.15, -0.1) is 0 Å². The van der Waals surface area contributed by atoms with Gasteiger partial charge in [0.05, 0.1) is 18.3 Å². The van der Waals surface area contributed by atoms with Crippen molar-refractivity contribution in [3.8, 4) is 5.75 Å². The summed E-state index contributed by atoms with van der Waals surface area (Å²) >= 11 is 0. The van der Waals surface area contributed by atoms with Gasteiger partial charge in [0.1, 0.15) is 12.1 Å². The van der Waals surface area contributed by atoms with Gasteiger partial charge in [0.25, 0.3) is 5.91 Å². The van der Waals surface area contributed by atoms with Crippen LogP contribution in [0.5, 0.6) is 5.75 Å². The van der Waals surface area contributed by atoms with Gasteiger partial charge in [0, 0.05) is 23.5 Å². The molecule has 6 N–H and O–H groups in total. The molecule has 152 valence electrons. The Hall–Kier alpha value is -2.92. The SMILES string of the molecule is NNC=Nc1cccc(C(=O)NCC(=O)NC(CC(=O)[O-])c2ccccc2O)c1.[Na+]. The van der Waals surface area contributed by atoms with Crippen LogP contribution in [0.2, 0.25) is 0 Å². The zero-order chi connectivity index (χ0) is 21.2. The molecule has 11 heteroatoms. The number of carboxylic acid groups (broad SMARTS) is 1. The van der Waals surface area contributed by atoms with Gasteiger partial charge in [-0.05, 0) is 24.3 Å². The molecule has 0 heterocycles. The number of aliphatic imine (C=N–C) groups is 1. The van der Waals surface area contributed by atoms with Crippen molar-refractivity contribution in [2.45, 2.75) is 12.5 Å². The van der Waals surface area contributed by atoms with Gasteiger partial charge in [-0.3, -0.25) is 9.59 Å². The van der Waals surface area contributed by atoms with E-state index in [2.05, 4.69) is 21.1 Å². The minimum atomic E-state index is -1.40. The van der Waals surface area contributed by atoms with Crippen molar-refractivity contribution in [3.05, 3.63) is 59.7 Å². The van der Waals surface area contributed by atoms with Crippen molar-refractivity contribution in [3.63, 3.8) is 0 Å². The fraction of sp³-hybridized carbons (Fsp3) is 0.158. The average molecular weight is 421 g/mol. The number of aromatic hydroxyl groups is 1. The number of rotatable bonds is 9. The predicted octanol–water partition coefficient (Wildman–Crippen LogP) is -3.75. The summed E-state index contributed by atoms with van der Waals surface area (Å²) in [6, 6.07) is 11.4. The third-order valence-corrected chi connectivity index (χ3v) is 3.82. The van der Waals surface area contributed by atoms with Crippen molar-refractivity contribution in [2.24, 2.45) is 10.8 Å². The maximum Gasteiger partial charge on any atom is 1.00 e. The Kier molecular flexibility index (Phi) is 10.6. The molecule has 0 radical (unpaired) electrons. The molecule has 0 bridgehead atoms. The molecule has 0 fully saturated rings. The number of amides is 2. The molecule has 2 rings (SSSR count). The molecule has 0 aliphatic rings. The van der Waals surface area contributed by atoms with Gasteiger partial charge < -0.3 is 31.1 Å². The minimum Gasteiger partial charge on any atom is -0.550 e. The number of carboxylic acids is 1. The second kappa shape index (κ2) is 12.6. The van der Waals surface area contributed by atoms with Gasteiger partial charge in [0.2, 0.25) is 5.91 Å². The quantitative estimate of drug-likeness (QED) is 0.0910. The van der Waals surface area contributed by atoms with Gasteiger partial charge in [0.15, 0.2) is 0 Å². The van der Waals surface area contributed by atoms with E-state index in [0.29, 0.717) is 5.69 Å². The fourth-order valence-corrected chi connectivity index (χ4v) is 2.53. The number of para-hydroxylation sites is 1. The monoisotopic (exact) mass is 421 g/mol. The summed E-state index contributed by atoms with van der Waals surface area (Å²) in [5, 5.41) is 25.8. The van der Waals surface area contributed by atoms with Crippen LogP contribution in [0, 0.1) is 0 Å². The zero-order valence-corrected chi connectivity index (χ0v) is 18.3. The molecule has 0 saturated carbocycles. The predicted molar refractivity (Wildman–Crippen MR) is 103 cm³/mol. The number of aliphatic carboxylic acids is 1. The van der Waals surface area contributed by atoms with E-state index in [4.69, 9.17) is 5.84 Å². The van der Waals surface area contributed by atoms with Gasteiger partial charge in [-0.25, -0.2) is 10.8 Å². The van der Waals surface area contributed by atoms with E-state index in [9.17, 15) is 24.6 Å². The summed E-state index contributed by atoms with van der Waals surface area (Å²) < 4.78 is 0. The van der Waals surface area contributed by atoms with E-state index in [1.54, 1.807) is 30.3 Å². The van der Waals surface area contributed by atoms with Crippen molar-refractivity contribution in [1.82, 2.24) is 16.1 Å². The Morgan fingerprint density at radius 3 is 2.57 bits per heavy atom. The maximum absolute atomic E-state index is 12.2. The molecule has 1 atom stereocenters. The largest absolute Gasteiger partial charge is 1.00 e. The Morgan fingerprint density at radius 2 is 1.90 bits per heavy atom. The van der Waals surface area contributed by atoms with Crippen molar-refractivity contribution >= 4 is 29.8 Å². The molecular weight excluding hydrogens is 401 g/mol. The number of carbonyl (C=O) groups excluding carboxylic acids is 3. The summed E-state index contributed by atoms with van der Waals surface area (Å²) in [7, 11) is 0. The number of phenolic OH excluding ortho intramolecular Hbond substituents is 1. The van der Waals surface area contributed by atoms with E-state index < -0.39 is 36.8 Å². The molecule has 0 aliphatic carbocycles. The zero-order valence-electron chi connectivity index (χ0n) is 16.3. The molecule has 10 nitrogen and oxygen atoms in total. The first kappa shape index (κ1) is 25.1. The number of benzene rings is 2. The molecule has 2 amide bonds. The Labute approximate surface area is 194 Å². The Bertz CT molecular complexity index is 922. The first-order valence-electron chi connectivity index (χ1n) is 8.54. The molecule has 30 heavy (non-hydrogen) atoms. The molecule has 0 aliphatic heterocycles. The summed E-state index contributed by atoms with van der Waals surface area (Å²) in [5.74, 6) is 2.39. The number of nitrogens with zero attached hydrogens (tertiary/aromatic N) is 1. The normalized spacial score (nSPS) is 11.2. The minimum absolute atomic E-state index is 0. The standard InChI is InChI=1S/C19H21N5O5.Na/c20-23-11-22-13-5-3-4-12(8-13)19(29)21-10-17(26)24-15(9-18(27)28)14-6-1-2-7-16(14)25;/h1-8,11,15,25H,9-10,20H2,(H,21,29)(H,22,23)(H,24,26)(H,27,28);/q;+1/p-1. The number of hydrogen-bond donors (Lipinski definition) is 5. The summed E-state index contributed by atoms with van der Waals surface area (Å²) in [4.78, 5) is 39.4. The smallest absolute Gasteiger partial charge is 0.550 e. The number of hydrazine groups is 1. The summed E-state index contributed by atoms with van der Waals surface area (Å²) in [6.07, 6.45) is 0.716. The molecule has 0 aromatic heterocycles. The first-order valence-corrected chi connectivity index (χ1v) is 8.54. The van der Waals surface area contributed by atoms with Crippen LogP contribution in [0.4, 0.5) is 5.69 Å². The van der Waals surface area contributed by atoms with Gasteiger partial charge in [-0.1, -0.05) is 24.3 Å². The van der Waals surface area contributed by atoms with Crippen LogP contribution in [0.15, 0.2) is 53.5 Å². The van der Waals surface area contributed by atoms with E-state index >= 15 is 0 Å². The van der Waals surface area contributed by atoms with Crippen LogP contribution in [0.25, 0.3) is 0 Å². The number of phenols is 1. The van der Waals surface area contributed by atoms with Gasteiger partial charge >= 0.3 is 29.6 Å². The van der Waals surface area contributed by atoms with E-state index in [0.717, 1.165) is 0 Å². The molecule has 0 spiro atoms. The topological polar surface area (TPSA) is 169 Å². The molecule has 2 aromatic carbocycles. The maximum atomic E-state index is 12.2. The second-order valence-corrected chi connectivity index (χ2v) is 5.91. The third-order valence-electron chi connectivity index (χ3n) is 3.82. The van der Waals surface area contributed by atoms with Crippen LogP contribution in [-0.4, -0.2) is 35.8 Å². The third kappa shape index (κ3) is 7.84. The van der Waals surface area contributed by atoms with Crippen LogP contribution in [0.3, 0.4) is 0 Å². The van der Waals surface area contributed by atoms with Crippen molar-refractivity contribution < 1.29 is 54.2 Å². The number of carbonyl (C=O) groups is 3. The Morgan fingerprint density at radius 1 is 1.17 bits per heavy atom. The summed E-state index contributed by atoms with van der Waals surface area (Å²) in [6.45, 7) is -0.395. The van der Waals surface area contributed by atoms with Crippen LogP contribution in [0.1, 0.15) is 28.4 Å². The van der Waals surface area contributed by atoms with Crippen LogP contribution >= 0.6 is 0 Å². The number of hydrogen-bond acceptors (Lipinski definition) is 7. The van der Waals surface area contributed by atoms with Crippen LogP contribution < -0.4 is 56.6 Å². The number of nitrogens with one attached hydrogen (secondary N) is 3. The summed E-state index contributed by atoms with van der Waals surface area (Å²) in [5.41, 5.74) is 3.23. The molecule has 2 aromatic rings. The first-order chi connectivity index (χ1) is 13.9. The molecular formula is C19H20N5NaO5. The van der Waals surface area contributed by atoms with E-state index in [1.807, 2.05) is 0 Å². The molecule has 0 saturated heterocycles. The van der Waals surface area contributed by atoms with E-state index in [1.165, 1.54) is 24.5 Å². The van der Waals surface area contributed by atoms with Crippen LogP contribution in [-0.2, 0) is 9.59 Å². The van der Waals surface area contributed by atoms with Crippen molar-refractivity contribution in [1.29, 1.82) is 0 Å². The Balaban J connectivity index is 0.00000450. The number of nitrogens with two attached hydrogens (primary N) is 1. The molecule has 1 unspecified atom stereocenters. The van der Waals surface area contributed by atoms with Crippen molar-refractivity contribution in [2.75, 3.05) is 6.54 Å².